The summed E-state index contributed by atoms with van der Waals surface area (Å²) in [6.07, 6.45) is 0. The van der Waals surface area contributed by atoms with E-state index in [1.807, 2.05) is 0 Å². The Morgan fingerprint density at radius 3 is 2.54 bits per heavy atom. The van der Waals surface area contributed by atoms with Gasteiger partial charge in [0, 0.05) is 11.8 Å². The number of nitrogens with zero attached hydrogens (tertiary/aromatic N) is 1. The lowest BCUT2D eigenvalue weighted by atomic mass is 10.2. The number of hydrogen-bond acceptors (Lipinski definition) is 3. The van der Waals surface area contributed by atoms with E-state index in [-0.39, 0.29) is 6.03 Å². The number of carbonyl (C=O) groups is 1. The van der Waals surface area contributed by atoms with E-state index >= 15 is 0 Å². The van der Waals surface area contributed by atoms with Gasteiger partial charge in [0.1, 0.15) is 5.75 Å². The van der Waals surface area contributed by atoms with Crippen LogP contribution in [0.25, 0.3) is 0 Å². The minimum absolute atomic E-state index is 0.246. The van der Waals surface area contributed by atoms with Gasteiger partial charge in [-0.2, -0.15) is 0 Å². The van der Waals surface area contributed by atoms with Gasteiger partial charge in [0.05, 0.1) is 57.1 Å². The molecule has 2 aromatic rings. The summed E-state index contributed by atoms with van der Waals surface area (Å²) >= 11 is 6.15. The first-order chi connectivity index (χ1) is 13.5. The van der Waals surface area contributed by atoms with Gasteiger partial charge in [0.2, 0.25) is 0 Å². The highest BCUT2D eigenvalue weighted by molar-refractivity contribution is 6.33. The maximum absolute atomic E-state index is 12.1. The van der Waals surface area contributed by atoms with Crippen LogP contribution in [0.15, 0.2) is 42.5 Å². The fourth-order valence-corrected chi connectivity index (χ4v) is 3.55. The number of quaternary nitrogens is 1. The summed E-state index contributed by atoms with van der Waals surface area (Å²) in [4.78, 5) is 16.0. The van der Waals surface area contributed by atoms with E-state index < -0.39 is 0 Å². The van der Waals surface area contributed by atoms with Crippen LogP contribution in [0.5, 0.6) is 5.75 Å². The molecule has 0 unspecified atom stereocenters. The smallest absolute Gasteiger partial charge is 0.319 e. The molecule has 1 aliphatic heterocycles. The number of carbonyl (C=O) groups excluding carboxylic acids is 1. The summed E-state index contributed by atoms with van der Waals surface area (Å²) in [5, 5.41) is 6.14. The molecule has 1 aliphatic rings. The number of rotatable bonds is 6. The Morgan fingerprint density at radius 1 is 1.18 bits per heavy atom. The van der Waals surface area contributed by atoms with E-state index in [4.69, 9.17) is 16.3 Å². The molecule has 150 valence electrons. The van der Waals surface area contributed by atoms with Crippen molar-refractivity contribution in [3.05, 3.63) is 53.1 Å². The summed E-state index contributed by atoms with van der Waals surface area (Å²) in [5.41, 5.74) is 3.14. The predicted molar refractivity (Wildman–Crippen MR) is 114 cm³/mol. The standard InChI is InChI=1S/C21H27ClN4O2/c1-16-3-5-17(6-4-16)26-13-11-25(12-14-26)10-9-23-21(27)24-20-8-7-18(28-2)15-19(20)22/h3-8,15H,9-14H2,1-2H3,(H2,23,24,27)/p+1. The predicted octanol–water partition coefficient (Wildman–Crippen LogP) is 2.18. The number of urea groups is 1. The van der Waals surface area contributed by atoms with Crippen molar-refractivity contribution in [2.24, 2.45) is 0 Å². The molecule has 3 rings (SSSR count). The van der Waals surface area contributed by atoms with Gasteiger partial charge in [0.25, 0.3) is 0 Å². The SMILES string of the molecule is COc1ccc(NC(=O)NCC[NH+]2CCN(c3ccc(C)cc3)CC2)c(Cl)c1. The second kappa shape index (κ2) is 9.66. The van der Waals surface area contributed by atoms with Gasteiger partial charge >= 0.3 is 6.03 Å². The maximum atomic E-state index is 12.1. The lowest BCUT2D eigenvalue weighted by molar-refractivity contribution is -0.899. The normalized spacial score (nSPS) is 14.6. The molecule has 0 aromatic heterocycles. The van der Waals surface area contributed by atoms with Gasteiger partial charge in [-0.1, -0.05) is 29.3 Å². The van der Waals surface area contributed by atoms with E-state index in [2.05, 4.69) is 46.7 Å². The summed E-state index contributed by atoms with van der Waals surface area (Å²) in [6, 6.07) is 13.6. The topological polar surface area (TPSA) is 58.0 Å². The number of hydrogen-bond donors (Lipinski definition) is 3. The summed E-state index contributed by atoms with van der Waals surface area (Å²) in [6.45, 7) is 7.85. The highest BCUT2D eigenvalue weighted by atomic mass is 35.5. The zero-order valence-electron chi connectivity index (χ0n) is 16.4. The second-order valence-electron chi connectivity index (χ2n) is 7.05. The van der Waals surface area contributed by atoms with Crippen LogP contribution in [0.2, 0.25) is 5.02 Å². The van der Waals surface area contributed by atoms with Crippen LogP contribution in [-0.4, -0.2) is 52.4 Å². The second-order valence-corrected chi connectivity index (χ2v) is 7.46. The lowest BCUT2D eigenvalue weighted by Gasteiger charge is -2.33. The molecule has 0 atom stereocenters. The Balaban J connectivity index is 1.37. The third-order valence-corrected chi connectivity index (χ3v) is 5.37. The summed E-state index contributed by atoms with van der Waals surface area (Å²) in [7, 11) is 1.58. The number of anilines is 2. The van der Waals surface area contributed by atoms with Gasteiger partial charge in [-0.05, 0) is 31.2 Å². The molecule has 1 heterocycles. The van der Waals surface area contributed by atoms with Gasteiger partial charge < -0.3 is 25.2 Å². The summed E-state index contributed by atoms with van der Waals surface area (Å²) in [5.74, 6) is 0.657. The molecule has 28 heavy (non-hydrogen) atoms. The van der Waals surface area contributed by atoms with E-state index in [9.17, 15) is 4.79 Å². The van der Waals surface area contributed by atoms with Crippen molar-refractivity contribution < 1.29 is 14.4 Å². The average Bonchev–Trinajstić information content (AvgIpc) is 2.71. The minimum atomic E-state index is -0.246. The number of benzene rings is 2. The Morgan fingerprint density at radius 2 is 1.89 bits per heavy atom. The zero-order valence-corrected chi connectivity index (χ0v) is 17.2. The zero-order chi connectivity index (χ0) is 19.9. The van der Waals surface area contributed by atoms with Crippen LogP contribution < -0.4 is 25.2 Å². The van der Waals surface area contributed by atoms with Crippen LogP contribution in [-0.2, 0) is 0 Å². The number of aryl methyl sites for hydroxylation is 1. The fourth-order valence-electron chi connectivity index (χ4n) is 3.33. The Bertz CT molecular complexity index is 789. The number of halogens is 1. The largest absolute Gasteiger partial charge is 0.497 e. The molecular weight excluding hydrogens is 376 g/mol. The van der Waals surface area contributed by atoms with E-state index in [0.717, 1.165) is 32.7 Å². The number of piperazine rings is 1. The maximum Gasteiger partial charge on any atom is 0.319 e. The molecule has 3 N–H and O–H groups in total. The van der Waals surface area contributed by atoms with E-state index in [0.29, 0.717) is 23.0 Å². The number of ether oxygens (including phenoxy) is 1. The Kier molecular flexibility index (Phi) is 7.01. The molecule has 2 aromatic carbocycles. The van der Waals surface area contributed by atoms with Gasteiger partial charge in [0.15, 0.2) is 0 Å². The van der Waals surface area contributed by atoms with Crippen molar-refractivity contribution in [3.8, 4) is 5.75 Å². The van der Waals surface area contributed by atoms with Crippen LogP contribution in [0, 0.1) is 6.92 Å². The third kappa shape index (κ3) is 5.53. The fraction of sp³-hybridized carbons (Fsp3) is 0.381. The Hall–Kier alpha value is -2.44. The van der Waals surface area contributed by atoms with Crippen molar-refractivity contribution in [3.63, 3.8) is 0 Å². The highest BCUT2D eigenvalue weighted by Crippen LogP contribution is 2.26. The molecule has 0 saturated carbocycles. The van der Waals surface area contributed by atoms with Crippen molar-refractivity contribution >= 4 is 29.0 Å². The molecule has 0 aliphatic carbocycles. The van der Waals surface area contributed by atoms with Gasteiger partial charge in [-0.15, -0.1) is 0 Å². The van der Waals surface area contributed by atoms with Crippen molar-refractivity contribution in [1.29, 1.82) is 0 Å². The van der Waals surface area contributed by atoms with Crippen molar-refractivity contribution in [2.45, 2.75) is 6.92 Å². The van der Waals surface area contributed by atoms with Crippen LogP contribution in [0.1, 0.15) is 5.56 Å². The van der Waals surface area contributed by atoms with Gasteiger partial charge in [-0.25, -0.2) is 4.79 Å². The third-order valence-electron chi connectivity index (χ3n) is 5.06. The molecule has 6 nitrogen and oxygen atoms in total. The van der Waals surface area contributed by atoms with Crippen LogP contribution in [0.4, 0.5) is 16.2 Å². The van der Waals surface area contributed by atoms with E-state index in [1.54, 1.807) is 25.3 Å². The van der Waals surface area contributed by atoms with Gasteiger partial charge in [-0.3, -0.25) is 0 Å². The number of amides is 2. The molecule has 0 radical (unpaired) electrons. The molecule has 7 heteroatoms. The van der Waals surface area contributed by atoms with Crippen LogP contribution >= 0.6 is 11.6 Å². The van der Waals surface area contributed by atoms with Crippen molar-refractivity contribution in [1.82, 2.24) is 5.32 Å². The first-order valence-electron chi connectivity index (χ1n) is 9.59. The molecule has 1 fully saturated rings. The Labute approximate surface area is 171 Å². The monoisotopic (exact) mass is 403 g/mol. The quantitative estimate of drug-likeness (QED) is 0.693. The highest BCUT2D eigenvalue weighted by Gasteiger charge is 2.20. The molecule has 0 bridgehead atoms. The number of methoxy groups -OCH3 is 1. The molecule has 1 saturated heterocycles. The molecular formula is C21H28ClN4O2+. The minimum Gasteiger partial charge on any atom is -0.497 e. The first kappa shape index (κ1) is 20.3. The molecule has 2 amide bonds. The number of nitrogens with one attached hydrogen (secondary N) is 3. The lowest BCUT2D eigenvalue weighted by Crippen LogP contribution is -3.15. The summed E-state index contributed by atoms with van der Waals surface area (Å²) < 4.78 is 5.11. The van der Waals surface area contributed by atoms with Crippen molar-refractivity contribution in [2.75, 3.05) is 56.6 Å². The first-order valence-corrected chi connectivity index (χ1v) is 9.96. The molecule has 0 spiro atoms. The average molecular weight is 404 g/mol. The van der Waals surface area contributed by atoms with Crippen LogP contribution in [0.3, 0.4) is 0 Å². The van der Waals surface area contributed by atoms with E-state index in [1.165, 1.54) is 16.2 Å².